The van der Waals surface area contributed by atoms with Crippen LogP contribution in [-0.4, -0.2) is 50.8 Å². The number of piperazine rings is 1. The Morgan fingerprint density at radius 1 is 1.14 bits per heavy atom. The van der Waals surface area contributed by atoms with E-state index in [0.29, 0.717) is 19.2 Å². The topological polar surface area (TPSA) is 40.6 Å². The van der Waals surface area contributed by atoms with Crippen molar-refractivity contribution in [3.63, 3.8) is 0 Å². The van der Waals surface area contributed by atoms with Gasteiger partial charge < -0.3 is 4.90 Å². The summed E-state index contributed by atoms with van der Waals surface area (Å²) in [4.78, 5) is 1.57. The summed E-state index contributed by atoms with van der Waals surface area (Å²) in [6.07, 6.45) is -4.69. The zero-order valence-electron chi connectivity index (χ0n) is 11.2. The van der Waals surface area contributed by atoms with Crippen molar-refractivity contribution >= 4 is 21.6 Å². The van der Waals surface area contributed by atoms with Gasteiger partial charge in [-0.05, 0) is 25.2 Å². The van der Waals surface area contributed by atoms with Crippen LogP contribution >= 0.6 is 11.6 Å². The van der Waals surface area contributed by atoms with Crippen LogP contribution in [0.1, 0.15) is 5.56 Å². The molecule has 1 aliphatic heterocycles. The first-order chi connectivity index (χ1) is 9.62. The van der Waals surface area contributed by atoms with Gasteiger partial charge in [0.2, 0.25) is 10.0 Å². The van der Waals surface area contributed by atoms with Crippen LogP contribution < -0.4 is 0 Å². The van der Waals surface area contributed by atoms with Crippen LogP contribution in [0.15, 0.2) is 23.1 Å². The van der Waals surface area contributed by atoms with Crippen molar-refractivity contribution in [1.82, 2.24) is 9.21 Å². The first kappa shape index (κ1) is 16.5. The quantitative estimate of drug-likeness (QED) is 0.828. The van der Waals surface area contributed by atoms with Gasteiger partial charge in [0.25, 0.3) is 0 Å². The Morgan fingerprint density at radius 3 is 2.24 bits per heavy atom. The molecular weight excluding hydrogens is 329 g/mol. The Labute approximate surface area is 126 Å². The Balaban J connectivity index is 2.37. The third-order valence-electron chi connectivity index (χ3n) is 3.34. The molecule has 9 heteroatoms. The number of rotatable bonds is 2. The lowest BCUT2D eigenvalue weighted by molar-refractivity contribution is -0.137. The van der Waals surface area contributed by atoms with Crippen LogP contribution in [0, 0.1) is 0 Å². The molecule has 1 aromatic rings. The standard InChI is InChI=1S/C12H14ClF3N2O2S/c1-17-4-6-18(7-5-17)21(19,20)9-2-3-11(13)10(8-9)12(14,15)16/h2-3,8H,4-7H2,1H3. The molecule has 0 unspecified atom stereocenters. The average Bonchev–Trinajstić information content (AvgIpc) is 2.38. The summed E-state index contributed by atoms with van der Waals surface area (Å²) >= 11 is 5.50. The fourth-order valence-corrected chi connectivity index (χ4v) is 3.73. The number of halogens is 4. The van der Waals surface area contributed by atoms with Crippen LogP contribution in [0.4, 0.5) is 13.2 Å². The molecule has 21 heavy (non-hydrogen) atoms. The molecule has 1 aliphatic rings. The van der Waals surface area contributed by atoms with E-state index in [0.717, 1.165) is 12.1 Å². The lowest BCUT2D eigenvalue weighted by Crippen LogP contribution is -2.47. The maximum atomic E-state index is 12.8. The molecule has 1 saturated heterocycles. The molecule has 4 nitrogen and oxygen atoms in total. The second-order valence-electron chi connectivity index (χ2n) is 4.85. The van der Waals surface area contributed by atoms with Crippen molar-refractivity contribution in [2.24, 2.45) is 0 Å². The highest BCUT2D eigenvalue weighted by Crippen LogP contribution is 2.36. The van der Waals surface area contributed by atoms with E-state index in [1.54, 1.807) is 0 Å². The summed E-state index contributed by atoms with van der Waals surface area (Å²) in [6.45, 7) is 1.59. The number of nitrogens with zero attached hydrogens (tertiary/aromatic N) is 2. The van der Waals surface area contributed by atoms with Gasteiger partial charge in [0.05, 0.1) is 15.5 Å². The number of benzene rings is 1. The maximum absolute atomic E-state index is 12.8. The van der Waals surface area contributed by atoms with Crippen LogP contribution in [0.5, 0.6) is 0 Å². The molecule has 0 radical (unpaired) electrons. The number of likely N-dealkylation sites (N-methyl/N-ethyl adjacent to an activating group) is 1. The number of sulfonamides is 1. The average molecular weight is 343 g/mol. The van der Waals surface area contributed by atoms with Gasteiger partial charge in [0.1, 0.15) is 0 Å². The van der Waals surface area contributed by atoms with E-state index in [4.69, 9.17) is 11.6 Å². The Hall–Kier alpha value is -0.830. The molecule has 0 N–H and O–H groups in total. The molecule has 0 saturated carbocycles. The maximum Gasteiger partial charge on any atom is 0.417 e. The highest BCUT2D eigenvalue weighted by molar-refractivity contribution is 7.89. The molecule has 0 amide bonds. The van der Waals surface area contributed by atoms with Gasteiger partial charge in [-0.3, -0.25) is 0 Å². The van der Waals surface area contributed by atoms with Crippen molar-refractivity contribution in [3.8, 4) is 0 Å². The second kappa shape index (κ2) is 5.75. The SMILES string of the molecule is CN1CCN(S(=O)(=O)c2ccc(Cl)c(C(F)(F)F)c2)CC1. The molecular formula is C12H14ClF3N2O2S. The summed E-state index contributed by atoms with van der Waals surface area (Å²) in [5.74, 6) is 0. The van der Waals surface area contributed by atoms with Crippen LogP contribution in [0.3, 0.4) is 0 Å². The van der Waals surface area contributed by atoms with Crippen LogP contribution in [0.25, 0.3) is 0 Å². The van der Waals surface area contributed by atoms with E-state index in [2.05, 4.69) is 0 Å². The van der Waals surface area contributed by atoms with Crippen molar-refractivity contribution in [3.05, 3.63) is 28.8 Å². The van der Waals surface area contributed by atoms with E-state index < -0.39 is 26.8 Å². The van der Waals surface area contributed by atoms with Crippen molar-refractivity contribution in [2.45, 2.75) is 11.1 Å². The largest absolute Gasteiger partial charge is 0.417 e. The molecule has 1 aromatic carbocycles. The smallest absolute Gasteiger partial charge is 0.304 e. The van der Waals surface area contributed by atoms with E-state index in [1.807, 2.05) is 11.9 Å². The van der Waals surface area contributed by atoms with Gasteiger partial charge in [-0.15, -0.1) is 0 Å². The number of hydrogen-bond acceptors (Lipinski definition) is 3. The minimum atomic E-state index is -4.69. The fraction of sp³-hybridized carbons (Fsp3) is 0.500. The summed E-state index contributed by atoms with van der Waals surface area (Å²) < 4.78 is 64.4. The number of hydrogen-bond donors (Lipinski definition) is 0. The van der Waals surface area contributed by atoms with E-state index >= 15 is 0 Å². The third kappa shape index (κ3) is 3.50. The highest BCUT2D eigenvalue weighted by Gasteiger charge is 2.35. The van der Waals surface area contributed by atoms with Gasteiger partial charge in [-0.2, -0.15) is 17.5 Å². The predicted molar refractivity (Wildman–Crippen MR) is 72.7 cm³/mol. The lowest BCUT2D eigenvalue weighted by Gasteiger charge is -2.31. The molecule has 118 valence electrons. The lowest BCUT2D eigenvalue weighted by atomic mass is 10.2. The van der Waals surface area contributed by atoms with Crippen molar-refractivity contribution in [1.29, 1.82) is 0 Å². The molecule has 0 atom stereocenters. The molecule has 1 heterocycles. The minimum absolute atomic E-state index is 0.253. The zero-order valence-corrected chi connectivity index (χ0v) is 12.8. The molecule has 0 aliphatic carbocycles. The summed E-state index contributed by atoms with van der Waals surface area (Å²) in [5.41, 5.74) is -1.14. The third-order valence-corrected chi connectivity index (χ3v) is 5.57. The van der Waals surface area contributed by atoms with Gasteiger partial charge >= 0.3 is 6.18 Å². The summed E-state index contributed by atoms with van der Waals surface area (Å²) in [7, 11) is -2.08. The van der Waals surface area contributed by atoms with Crippen LogP contribution in [-0.2, 0) is 16.2 Å². The molecule has 0 aromatic heterocycles. The fourth-order valence-electron chi connectivity index (χ4n) is 2.06. The highest BCUT2D eigenvalue weighted by atomic mass is 35.5. The Morgan fingerprint density at radius 2 is 1.71 bits per heavy atom. The predicted octanol–water partition coefficient (Wildman–Crippen LogP) is 2.29. The first-order valence-corrected chi connectivity index (χ1v) is 7.99. The molecule has 1 fully saturated rings. The van der Waals surface area contributed by atoms with Gasteiger partial charge in [0, 0.05) is 26.2 Å². The normalized spacial score (nSPS) is 18.9. The second-order valence-corrected chi connectivity index (χ2v) is 7.19. The number of alkyl halides is 3. The van der Waals surface area contributed by atoms with Crippen molar-refractivity contribution < 1.29 is 21.6 Å². The van der Waals surface area contributed by atoms with Crippen LogP contribution in [0.2, 0.25) is 5.02 Å². The summed E-state index contributed by atoms with van der Waals surface area (Å²) in [5, 5.41) is -0.514. The van der Waals surface area contributed by atoms with Gasteiger partial charge in [-0.1, -0.05) is 11.6 Å². The Kier molecular flexibility index (Phi) is 4.53. The van der Waals surface area contributed by atoms with E-state index in [1.165, 1.54) is 4.31 Å². The van der Waals surface area contributed by atoms with E-state index in [-0.39, 0.29) is 18.0 Å². The molecule has 2 rings (SSSR count). The molecule has 0 bridgehead atoms. The first-order valence-electron chi connectivity index (χ1n) is 6.18. The zero-order chi connectivity index (χ0) is 15.8. The van der Waals surface area contributed by atoms with Gasteiger partial charge in [0.15, 0.2) is 0 Å². The summed E-state index contributed by atoms with van der Waals surface area (Å²) in [6, 6.07) is 2.66. The minimum Gasteiger partial charge on any atom is -0.304 e. The molecule has 0 spiro atoms. The van der Waals surface area contributed by atoms with Crippen molar-refractivity contribution in [2.75, 3.05) is 33.2 Å². The van der Waals surface area contributed by atoms with Gasteiger partial charge in [-0.25, -0.2) is 8.42 Å². The monoisotopic (exact) mass is 342 g/mol. The Bertz CT molecular complexity index is 626. The van der Waals surface area contributed by atoms with E-state index in [9.17, 15) is 21.6 Å².